The summed E-state index contributed by atoms with van der Waals surface area (Å²) < 4.78 is 38.2. The van der Waals surface area contributed by atoms with Gasteiger partial charge < -0.3 is 11.1 Å². The van der Waals surface area contributed by atoms with Gasteiger partial charge in [0, 0.05) is 23.7 Å². The summed E-state index contributed by atoms with van der Waals surface area (Å²) in [5.41, 5.74) is 6.72. The molecule has 3 N–H and O–H groups in total. The van der Waals surface area contributed by atoms with Crippen molar-refractivity contribution < 1.29 is 13.2 Å². The Labute approximate surface area is 142 Å². The molecular weight excluding hydrogens is 329 g/mol. The first kappa shape index (κ1) is 17.2. The molecule has 0 amide bonds. The van der Waals surface area contributed by atoms with Crippen molar-refractivity contribution in [2.45, 2.75) is 12.6 Å². The van der Waals surface area contributed by atoms with Crippen LogP contribution in [-0.4, -0.2) is 23.1 Å². The van der Waals surface area contributed by atoms with E-state index in [0.717, 1.165) is 29.5 Å². The lowest BCUT2D eigenvalue weighted by molar-refractivity contribution is -0.137. The van der Waals surface area contributed by atoms with E-state index in [2.05, 4.69) is 15.3 Å². The van der Waals surface area contributed by atoms with Crippen LogP contribution in [0.4, 0.5) is 19.0 Å². The van der Waals surface area contributed by atoms with Crippen molar-refractivity contribution >= 4 is 16.7 Å². The number of alkyl halides is 3. The van der Waals surface area contributed by atoms with Crippen LogP contribution in [0.5, 0.6) is 0 Å². The Morgan fingerprint density at radius 3 is 2.52 bits per heavy atom. The van der Waals surface area contributed by atoms with Crippen LogP contribution >= 0.6 is 0 Å². The van der Waals surface area contributed by atoms with Gasteiger partial charge in [0.05, 0.1) is 16.8 Å². The summed E-state index contributed by atoms with van der Waals surface area (Å²) in [6.07, 6.45) is -1.90. The first-order chi connectivity index (χ1) is 12.0. The molecule has 0 aliphatic carbocycles. The maximum atomic E-state index is 12.7. The van der Waals surface area contributed by atoms with Crippen molar-refractivity contribution in [2.75, 3.05) is 18.4 Å². The van der Waals surface area contributed by atoms with E-state index in [4.69, 9.17) is 5.73 Å². The number of nitrogens with one attached hydrogen (secondary N) is 1. The Hall–Kier alpha value is -2.67. The van der Waals surface area contributed by atoms with Crippen LogP contribution in [0, 0.1) is 0 Å². The quantitative estimate of drug-likeness (QED) is 0.684. The van der Waals surface area contributed by atoms with Crippen molar-refractivity contribution in [2.24, 2.45) is 5.73 Å². The van der Waals surface area contributed by atoms with Crippen molar-refractivity contribution in [3.05, 3.63) is 54.2 Å². The minimum Gasteiger partial charge on any atom is -0.369 e. The maximum Gasteiger partial charge on any atom is 0.416 e. The van der Waals surface area contributed by atoms with E-state index in [1.54, 1.807) is 12.3 Å². The molecule has 0 saturated heterocycles. The summed E-state index contributed by atoms with van der Waals surface area (Å²) in [5, 5.41) is 4.08. The molecule has 3 rings (SSSR count). The molecule has 0 fully saturated rings. The highest BCUT2D eigenvalue weighted by Gasteiger charge is 2.30. The summed E-state index contributed by atoms with van der Waals surface area (Å²) in [5.74, 6) is 0.647. The van der Waals surface area contributed by atoms with Crippen LogP contribution in [0.3, 0.4) is 0 Å². The largest absolute Gasteiger partial charge is 0.416 e. The minimum absolute atomic E-state index is 0.557. The average molecular weight is 346 g/mol. The van der Waals surface area contributed by atoms with Crippen LogP contribution in [-0.2, 0) is 6.18 Å². The van der Waals surface area contributed by atoms with Gasteiger partial charge in [-0.25, -0.2) is 4.98 Å². The number of hydrogen-bond donors (Lipinski definition) is 2. The zero-order valence-electron chi connectivity index (χ0n) is 13.3. The zero-order valence-corrected chi connectivity index (χ0v) is 13.3. The van der Waals surface area contributed by atoms with E-state index in [0.29, 0.717) is 30.2 Å². The van der Waals surface area contributed by atoms with Crippen molar-refractivity contribution in [3.8, 4) is 11.3 Å². The summed E-state index contributed by atoms with van der Waals surface area (Å²) in [4.78, 5) is 8.89. The summed E-state index contributed by atoms with van der Waals surface area (Å²) in [6, 6.07) is 10.4. The number of nitrogens with zero attached hydrogens (tertiary/aromatic N) is 2. The number of rotatable bonds is 5. The van der Waals surface area contributed by atoms with Gasteiger partial charge in [0.25, 0.3) is 0 Å². The molecule has 0 unspecified atom stereocenters. The predicted octanol–water partition coefficient (Wildman–Crippen LogP) is 4.08. The predicted molar refractivity (Wildman–Crippen MR) is 92.1 cm³/mol. The van der Waals surface area contributed by atoms with E-state index >= 15 is 0 Å². The van der Waals surface area contributed by atoms with Gasteiger partial charge in [-0.15, -0.1) is 0 Å². The number of nitrogens with two attached hydrogens (primary N) is 1. The smallest absolute Gasteiger partial charge is 0.369 e. The fourth-order valence-corrected chi connectivity index (χ4v) is 2.50. The monoisotopic (exact) mass is 346 g/mol. The Bertz CT molecular complexity index is 860. The molecule has 0 aliphatic heterocycles. The van der Waals surface area contributed by atoms with Crippen LogP contribution in [0.15, 0.2) is 48.7 Å². The second kappa shape index (κ2) is 7.06. The molecule has 0 spiro atoms. The summed E-state index contributed by atoms with van der Waals surface area (Å²) in [6.45, 7) is 1.21. The van der Waals surface area contributed by atoms with Crippen molar-refractivity contribution in [3.63, 3.8) is 0 Å². The lowest BCUT2D eigenvalue weighted by atomic mass is 10.1. The van der Waals surface area contributed by atoms with Gasteiger partial charge in [0.15, 0.2) is 0 Å². The Balaban J connectivity index is 2.01. The molecule has 4 nitrogen and oxygen atoms in total. The Morgan fingerprint density at radius 2 is 1.84 bits per heavy atom. The second-order valence-corrected chi connectivity index (χ2v) is 5.57. The van der Waals surface area contributed by atoms with Gasteiger partial charge in [-0.2, -0.15) is 13.2 Å². The van der Waals surface area contributed by atoms with E-state index in [1.165, 1.54) is 12.1 Å². The molecule has 0 aliphatic rings. The summed E-state index contributed by atoms with van der Waals surface area (Å²) >= 11 is 0. The molecule has 0 bridgehead atoms. The fourth-order valence-electron chi connectivity index (χ4n) is 2.50. The fraction of sp³-hybridized carbons (Fsp3) is 0.222. The Kier molecular flexibility index (Phi) is 4.85. The number of aromatic nitrogens is 2. The third kappa shape index (κ3) is 3.88. The topological polar surface area (TPSA) is 63.8 Å². The SMILES string of the molecule is NCCCNc1nc(-c2ccc(C(F)(F)F)cc2)cc2ncccc12. The molecule has 2 aromatic heterocycles. The Morgan fingerprint density at radius 1 is 1.08 bits per heavy atom. The number of benzene rings is 1. The number of halogens is 3. The molecule has 0 atom stereocenters. The van der Waals surface area contributed by atoms with Crippen LogP contribution in [0.1, 0.15) is 12.0 Å². The third-order valence-corrected chi connectivity index (χ3v) is 3.78. The lowest BCUT2D eigenvalue weighted by Crippen LogP contribution is -2.10. The maximum absolute atomic E-state index is 12.7. The number of anilines is 1. The normalized spacial score (nSPS) is 11.7. The second-order valence-electron chi connectivity index (χ2n) is 5.57. The van der Waals surface area contributed by atoms with Gasteiger partial charge in [-0.3, -0.25) is 4.98 Å². The third-order valence-electron chi connectivity index (χ3n) is 3.78. The highest BCUT2D eigenvalue weighted by Crippen LogP contribution is 2.32. The number of hydrogen-bond acceptors (Lipinski definition) is 4. The first-order valence-electron chi connectivity index (χ1n) is 7.86. The zero-order chi connectivity index (χ0) is 17.9. The lowest BCUT2D eigenvalue weighted by Gasteiger charge is -2.12. The summed E-state index contributed by atoms with van der Waals surface area (Å²) in [7, 11) is 0. The molecule has 25 heavy (non-hydrogen) atoms. The van der Waals surface area contributed by atoms with Gasteiger partial charge in [0.1, 0.15) is 5.82 Å². The molecule has 0 radical (unpaired) electrons. The molecule has 3 aromatic rings. The molecule has 2 heterocycles. The van der Waals surface area contributed by atoms with Crippen molar-refractivity contribution in [1.82, 2.24) is 9.97 Å². The van der Waals surface area contributed by atoms with Gasteiger partial charge in [0.2, 0.25) is 0 Å². The number of fused-ring (bicyclic) bond motifs is 1. The highest BCUT2D eigenvalue weighted by molar-refractivity contribution is 5.91. The van der Waals surface area contributed by atoms with E-state index in [1.807, 2.05) is 12.1 Å². The molecular formula is C18H17F3N4. The van der Waals surface area contributed by atoms with Gasteiger partial charge in [-0.05, 0) is 43.3 Å². The average Bonchev–Trinajstić information content (AvgIpc) is 2.61. The van der Waals surface area contributed by atoms with Crippen LogP contribution < -0.4 is 11.1 Å². The van der Waals surface area contributed by atoms with Gasteiger partial charge in [-0.1, -0.05) is 12.1 Å². The standard InChI is InChI=1S/C18H17F3N4/c19-18(20,21)13-6-4-12(5-7-13)15-11-16-14(3-1-9-23-16)17(25-15)24-10-2-8-22/h1,3-7,9,11H,2,8,10,22H2,(H,24,25). The van der Waals surface area contributed by atoms with Crippen molar-refractivity contribution in [1.29, 1.82) is 0 Å². The molecule has 130 valence electrons. The molecule has 7 heteroatoms. The molecule has 1 aromatic carbocycles. The van der Waals surface area contributed by atoms with E-state index < -0.39 is 11.7 Å². The number of pyridine rings is 2. The van der Waals surface area contributed by atoms with Gasteiger partial charge >= 0.3 is 6.18 Å². The van der Waals surface area contributed by atoms with E-state index in [9.17, 15) is 13.2 Å². The molecule has 0 saturated carbocycles. The highest BCUT2D eigenvalue weighted by atomic mass is 19.4. The van der Waals surface area contributed by atoms with Crippen LogP contribution in [0.2, 0.25) is 0 Å². The van der Waals surface area contributed by atoms with Crippen LogP contribution in [0.25, 0.3) is 22.2 Å². The first-order valence-corrected chi connectivity index (χ1v) is 7.86. The minimum atomic E-state index is -4.36. The van der Waals surface area contributed by atoms with E-state index in [-0.39, 0.29) is 0 Å².